The molecular formula is C24H33FN4O6. The largest absolute Gasteiger partial charge is 0.466 e. The molecule has 2 aliphatic heterocycles. The van der Waals surface area contributed by atoms with Gasteiger partial charge in [0, 0.05) is 25.7 Å². The van der Waals surface area contributed by atoms with Crippen LogP contribution in [0.1, 0.15) is 33.6 Å². The Morgan fingerprint density at radius 1 is 1.23 bits per heavy atom. The number of nitrogens with zero attached hydrogens (tertiary/aromatic N) is 2. The predicted octanol–water partition coefficient (Wildman–Crippen LogP) is 2.31. The highest BCUT2D eigenvalue weighted by molar-refractivity contribution is 6.09. The van der Waals surface area contributed by atoms with E-state index in [1.54, 1.807) is 11.0 Å². The lowest BCUT2D eigenvalue weighted by atomic mass is 10.0. The zero-order valence-corrected chi connectivity index (χ0v) is 20.5. The van der Waals surface area contributed by atoms with Gasteiger partial charge in [-0.3, -0.25) is 4.79 Å². The quantitative estimate of drug-likeness (QED) is 0.496. The van der Waals surface area contributed by atoms with Crippen LogP contribution in [0.3, 0.4) is 0 Å². The van der Waals surface area contributed by atoms with Crippen molar-refractivity contribution in [1.82, 2.24) is 9.80 Å². The van der Waals surface area contributed by atoms with Gasteiger partial charge in [-0.1, -0.05) is 6.07 Å². The molecule has 1 aromatic rings. The summed E-state index contributed by atoms with van der Waals surface area (Å²) >= 11 is 0. The van der Waals surface area contributed by atoms with E-state index in [-0.39, 0.29) is 54.5 Å². The second kappa shape index (κ2) is 10.9. The number of benzene rings is 1. The molecule has 2 amide bonds. The first-order valence-corrected chi connectivity index (χ1v) is 11.6. The molecule has 35 heavy (non-hydrogen) atoms. The third-order valence-electron chi connectivity index (χ3n) is 5.72. The van der Waals surface area contributed by atoms with Crippen LogP contribution in [0.5, 0.6) is 0 Å². The lowest BCUT2D eigenvalue weighted by Crippen LogP contribution is -2.44. The SMILES string of the molecule is COC(=O)C1=C(Nc2cccc(F)c2NC2CCN(C(=O)OC(C)(C)C)CC2)C(=O)N(CCO)C1. The zero-order valence-electron chi connectivity index (χ0n) is 20.5. The standard InChI is InChI=1S/C24H33FN4O6/c1-24(2,3)35-23(33)28-10-8-15(9-11-28)26-20-17(25)6-5-7-18(20)27-19-16(22(32)34-4)14-29(12-13-30)21(19)31/h5-7,15,26-27,30H,8-14H2,1-4H3. The normalized spacial score (nSPS) is 17.0. The van der Waals surface area contributed by atoms with Crippen molar-refractivity contribution in [2.45, 2.75) is 45.3 Å². The molecule has 3 N–H and O–H groups in total. The van der Waals surface area contributed by atoms with Crippen molar-refractivity contribution in [3.8, 4) is 0 Å². The van der Waals surface area contributed by atoms with Crippen molar-refractivity contribution in [2.24, 2.45) is 0 Å². The van der Waals surface area contributed by atoms with Crippen LogP contribution in [-0.4, -0.2) is 84.4 Å². The Labute approximate surface area is 204 Å². The first-order chi connectivity index (χ1) is 16.5. The molecule has 0 aromatic heterocycles. The average Bonchev–Trinajstić information content (AvgIpc) is 3.10. The predicted molar refractivity (Wildman–Crippen MR) is 127 cm³/mol. The number of anilines is 2. The molecular weight excluding hydrogens is 459 g/mol. The fraction of sp³-hybridized carbons (Fsp3) is 0.542. The highest BCUT2D eigenvalue weighted by atomic mass is 19.1. The van der Waals surface area contributed by atoms with Gasteiger partial charge in [-0.2, -0.15) is 0 Å². The van der Waals surface area contributed by atoms with Crippen LogP contribution in [0.15, 0.2) is 29.5 Å². The summed E-state index contributed by atoms with van der Waals surface area (Å²) in [5.41, 5.74) is -0.0451. The number of esters is 1. The first kappa shape index (κ1) is 26.3. The van der Waals surface area contributed by atoms with Gasteiger partial charge in [-0.25, -0.2) is 14.0 Å². The minimum Gasteiger partial charge on any atom is -0.466 e. The molecule has 1 aromatic carbocycles. The number of piperidine rings is 1. The summed E-state index contributed by atoms with van der Waals surface area (Å²) in [4.78, 5) is 40.4. The summed E-state index contributed by atoms with van der Waals surface area (Å²) in [7, 11) is 1.21. The number of nitrogens with one attached hydrogen (secondary N) is 2. The number of likely N-dealkylation sites (tertiary alicyclic amines) is 1. The van der Waals surface area contributed by atoms with Gasteiger partial charge in [-0.15, -0.1) is 0 Å². The fourth-order valence-electron chi connectivity index (χ4n) is 4.00. The van der Waals surface area contributed by atoms with E-state index in [0.29, 0.717) is 25.9 Å². The molecule has 2 aliphatic rings. The summed E-state index contributed by atoms with van der Waals surface area (Å²) in [6.07, 6.45) is 0.775. The van der Waals surface area contributed by atoms with Gasteiger partial charge in [0.05, 0.1) is 37.2 Å². The number of methoxy groups -OCH3 is 1. The first-order valence-electron chi connectivity index (χ1n) is 11.6. The molecule has 0 atom stereocenters. The molecule has 0 aliphatic carbocycles. The van der Waals surface area contributed by atoms with Crippen LogP contribution >= 0.6 is 0 Å². The fourth-order valence-corrected chi connectivity index (χ4v) is 4.00. The topological polar surface area (TPSA) is 120 Å². The maximum Gasteiger partial charge on any atom is 0.410 e. The van der Waals surface area contributed by atoms with E-state index in [1.165, 1.54) is 24.1 Å². The molecule has 2 heterocycles. The molecule has 0 radical (unpaired) electrons. The van der Waals surface area contributed by atoms with Crippen LogP contribution < -0.4 is 10.6 Å². The number of amides is 2. The second-order valence-electron chi connectivity index (χ2n) is 9.47. The number of hydrogen-bond donors (Lipinski definition) is 3. The summed E-state index contributed by atoms with van der Waals surface area (Å²) in [5.74, 6) is -1.69. The molecule has 1 fully saturated rings. The Balaban J connectivity index is 1.75. The van der Waals surface area contributed by atoms with Gasteiger partial charge < -0.3 is 35.0 Å². The number of rotatable bonds is 7. The summed E-state index contributed by atoms with van der Waals surface area (Å²) < 4.78 is 25.1. The Morgan fingerprint density at radius 3 is 2.51 bits per heavy atom. The number of aliphatic hydroxyl groups excluding tert-OH is 1. The van der Waals surface area contributed by atoms with Gasteiger partial charge in [-0.05, 0) is 45.7 Å². The summed E-state index contributed by atoms with van der Waals surface area (Å²) in [6.45, 7) is 6.11. The Hall–Kier alpha value is -3.34. The summed E-state index contributed by atoms with van der Waals surface area (Å²) in [6, 6.07) is 4.28. The molecule has 10 nitrogen and oxygen atoms in total. The smallest absolute Gasteiger partial charge is 0.410 e. The third-order valence-corrected chi connectivity index (χ3v) is 5.72. The van der Waals surface area contributed by atoms with Crippen molar-refractivity contribution in [3.05, 3.63) is 35.3 Å². The van der Waals surface area contributed by atoms with Crippen LogP contribution in [0.2, 0.25) is 0 Å². The van der Waals surface area contributed by atoms with E-state index in [0.717, 1.165) is 0 Å². The molecule has 192 valence electrons. The number of aliphatic hydroxyl groups is 1. The van der Waals surface area contributed by atoms with E-state index in [1.807, 2.05) is 20.8 Å². The van der Waals surface area contributed by atoms with Gasteiger partial charge in [0.2, 0.25) is 0 Å². The van der Waals surface area contributed by atoms with Crippen LogP contribution in [-0.2, 0) is 19.1 Å². The second-order valence-corrected chi connectivity index (χ2v) is 9.47. The van der Waals surface area contributed by atoms with Crippen LogP contribution in [0.25, 0.3) is 0 Å². The van der Waals surface area contributed by atoms with E-state index in [9.17, 15) is 23.9 Å². The molecule has 11 heteroatoms. The van der Waals surface area contributed by atoms with Crippen molar-refractivity contribution in [3.63, 3.8) is 0 Å². The number of carbonyl (C=O) groups is 3. The van der Waals surface area contributed by atoms with Crippen LogP contribution in [0, 0.1) is 5.82 Å². The van der Waals surface area contributed by atoms with Gasteiger partial charge >= 0.3 is 12.1 Å². The van der Waals surface area contributed by atoms with Gasteiger partial charge in [0.15, 0.2) is 0 Å². The Bertz CT molecular complexity index is 998. The number of para-hydroxylation sites is 1. The van der Waals surface area contributed by atoms with Crippen molar-refractivity contribution in [1.29, 1.82) is 0 Å². The third kappa shape index (κ3) is 6.41. The maximum absolute atomic E-state index is 14.9. The number of β-amino-alcohol motifs (C(OH)–C–C–N with tert-alkyl or cyclic N) is 1. The Kier molecular flexibility index (Phi) is 8.21. The van der Waals surface area contributed by atoms with Crippen molar-refractivity contribution >= 4 is 29.3 Å². The van der Waals surface area contributed by atoms with Crippen LogP contribution in [0.4, 0.5) is 20.6 Å². The lowest BCUT2D eigenvalue weighted by Gasteiger charge is -2.34. The molecule has 1 saturated heterocycles. The number of hydrogen-bond acceptors (Lipinski definition) is 8. The van der Waals surface area contributed by atoms with Crippen molar-refractivity contribution in [2.75, 3.05) is 50.5 Å². The lowest BCUT2D eigenvalue weighted by molar-refractivity contribution is -0.136. The van der Waals surface area contributed by atoms with E-state index < -0.39 is 23.3 Å². The van der Waals surface area contributed by atoms with E-state index in [2.05, 4.69) is 10.6 Å². The minimum atomic E-state index is -0.679. The molecule has 0 bridgehead atoms. The molecule has 0 unspecified atom stereocenters. The molecule has 0 saturated carbocycles. The Morgan fingerprint density at radius 2 is 1.91 bits per heavy atom. The summed E-state index contributed by atoms with van der Waals surface area (Å²) in [5, 5.41) is 15.3. The highest BCUT2D eigenvalue weighted by Gasteiger charge is 2.35. The molecule has 0 spiro atoms. The zero-order chi connectivity index (χ0) is 25.8. The number of carbonyl (C=O) groups excluding carboxylic acids is 3. The minimum absolute atomic E-state index is 0.0151. The van der Waals surface area contributed by atoms with E-state index >= 15 is 0 Å². The maximum atomic E-state index is 14.9. The van der Waals surface area contributed by atoms with Gasteiger partial charge in [0.25, 0.3) is 5.91 Å². The van der Waals surface area contributed by atoms with Crippen molar-refractivity contribution < 1.29 is 33.4 Å². The van der Waals surface area contributed by atoms with Gasteiger partial charge in [0.1, 0.15) is 17.1 Å². The van der Waals surface area contributed by atoms with E-state index in [4.69, 9.17) is 9.47 Å². The molecule has 3 rings (SSSR count). The number of ether oxygens (including phenoxy) is 2. The average molecular weight is 493 g/mol. The number of halogens is 1. The monoisotopic (exact) mass is 492 g/mol. The highest BCUT2D eigenvalue weighted by Crippen LogP contribution is 2.31.